The Morgan fingerprint density at radius 1 is 0.909 bits per heavy atom. The lowest BCUT2D eigenvalue weighted by atomic mass is 10.2. The molecule has 1 aliphatic rings. The summed E-state index contributed by atoms with van der Waals surface area (Å²) in [5, 5.41) is 5.64. The quantitative estimate of drug-likeness (QED) is 0.410. The third kappa shape index (κ3) is 9.20. The molecule has 1 aliphatic heterocycles. The first kappa shape index (κ1) is 24.7. The van der Waals surface area contributed by atoms with Crippen molar-refractivity contribution in [3.63, 3.8) is 0 Å². The lowest BCUT2D eigenvalue weighted by Crippen LogP contribution is -2.46. The molecule has 0 aliphatic carbocycles. The second-order valence-corrected chi connectivity index (χ2v) is 8.58. The number of unbranched alkanes of at least 4 members (excludes halogenated alkanes) is 1. The van der Waals surface area contributed by atoms with Crippen LogP contribution in [0.3, 0.4) is 0 Å². The monoisotopic (exact) mass is 448 g/mol. The summed E-state index contributed by atoms with van der Waals surface area (Å²) in [6.45, 7) is 8.81. The molecule has 2 amide bonds. The summed E-state index contributed by atoms with van der Waals surface area (Å²) in [6.07, 6.45) is 5.18. The van der Waals surface area contributed by atoms with Crippen molar-refractivity contribution in [3.8, 4) is 0 Å². The van der Waals surface area contributed by atoms with Crippen LogP contribution >= 0.6 is 0 Å². The molecule has 176 valence electrons. The Labute approximate surface area is 197 Å². The molecule has 1 saturated heterocycles. The number of amides is 2. The van der Waals surface area contributed by atoms with E-state index < -0.39 is 6.04 Å². The van der Waals surface area contributed by atoms with Gasteiger partial charge in [0.25, 0.3) is 0 Å². The molecular weight excluding hydrogens is 412 g/mol. The van der Waals surface area contributed by atoms with Crippen LogP contribution in [0.15, 0.2) is 66.7 Å². The number of hydrogen-bond donors (Lipinski definition) is 2. The Kier molecular flexibility index (Phi) is 10.1. The van der Waals surface area contributed by atoms with E-state index in [1.807, 2.05) is 30.3 Å². The predicted molar refractivity (Wildman–Crippen MR) is 133 cm³/mol. The molecule has 0 radical (unpaired) electrons. The zero-order valence-electron chi connectivity index (χ0n) is 19.6. The fourth-order valence-corrected chi connectivity index (χ4v) is 3.90. The van der Waals surface area contributed by atoms with E-state index in [0.29, 0.717) is 6.54 Å². The van der Waals surface area contributed by atoms with Crippen molar-refractivity contribution in [3.05, 3.63) is 77.9 Å². The molecule has 2 aromatic rings. The van der Waals surface area contributed by atoms with Crippen LogP contribution < -0.4 is 10.6 Å². The minimum absolute atomic E-state index is 0.147. The number of rotatable bonds is 11. The average molecular weight is 449 g/mol. The minimum atomic E-state index is -0.560. The van der Waals surface area contributed by atoms with E-state index in [9.17, 15) is 9.59 Å². The third-order valence-corrected chi connectivity index (χ3v) is 5.89. The van der Waals surface area contributed by atoms with Crippen molar-refractivity contribution < 1.29 is 9.59 Å². The van der Waals surface area contributed by atoms with Gasteiger partial charge in [0, 0.05) is 45.3 Å². The van der Waals surface area contributed by atoms with E-state index in [0.717, 1.165) is 57.7 Å². The van der Waals surface area contributed by atoms with Crippen molar-refractivity contribution in [2.75, 3.05) is 39.3 Å². The number of carbonyl (C=O) groups excluding carboxylic acids is 2. The first-order valence-electron chi connectivity index (χ1n) is 11.9. The van der Waals surface area contributed by atoms with Gasteiger partial charge in [-0.3, -0.25) is 14.5 Å². The van der Waals surface area contributed by atoms with Gasteiger partial charge in [-0.2, -0.15) is 0 Å². The van der Waals surface area contributed by atoms with Crippen LogP contribution in [-0.4, -0.2) is 66.9 Å². The Bertz CT molecular complexity index is 878. The molecule has 6 nitrogen and oxygen atoms in total. The van der Waals surface area contributed by atoms with Gasteiger partial charge in [-0.25, -0.2) is 0 Å². The number of benzene rings is 2. The number of nitrogens with one attached hydrogen (secondary N) is 2. The Balaban J connectivity index is 1.23. The topological polar surface area (TPSA) is 64.7 Å². The average Bonchev–Trinajstić information content (AvgIpc) is 2.84. The standard InChI is InChI=1S/C27H36N4O2/c1-23(29-26(32)15-14-24-10-4-2-5-11-24)27(33)28-16-8-9-17-30-18-20-31(21-19-30)22-25-12-6-3-7-13-25/h2-7,10-15,23H,8-9,16-22H2,1H3,(H,28,33)(H,29,32). The molecule has 1 heterocycles. The van der Waals surface area contributed by atoms with Gasteiger partial charge in [0.05, 0.1) is 0 Å². The van der Waals surface area contributed by atoms with Gasteiger partial charge in [0.1, 0.15) is 6.04 Å². The maximum Gasteiger partial charge on any atom is 0.244 e. The molecule has 6 heteroatoms. The smallest absolute Gasteiger partial charge is 0.244 e. The molecule has 0 saturated carbocycles. The summed E-state index contributed by atoms with van der Waals surface area (Å²) < 4.78 is 0. The highest BCUT2D eigenvalue weighted by atomic mass is 16.2. The van der Waals surface area contributed by atoms with Gasteiger partial charge in [-0.15, -0.1) is 0 Å². The molecular formula is C27H36N4O2. The van der Waals surface area contributed by atoms with E-state index in [2.05, 4.69) is 50.8 Å². The number of nitrogens with zero attached hydrogens (tertiary/aromatic N) is 2. The van der Waals surface area contributed by atoms with Crippen molar-refractivity contribution in [1.29, 1.82) is 0 Å². The molecule has 3 rings (SSSR count). The molecule has 2 N–H and O–H groups in total. The fourth-order valence-electron chi connectivity index (χ4n) is 3.90. The molecule has 0 bridgehead atoms. The van der Waals surface area contributed by atoms with Crippen LogP contribution in [0, 0.1) is 0 Å². The van der Waals surface area contributed by atoms with E-state index in [4.69, 9.17) is 0 Å². The van der Waals surface area contributed by atoms with Crippen molar-refractivity contribution >= 4 is 17.9 Å². The molecule has 1 atom stereocenters. The van der Waals surface area contributed by atoms with Crippen molar-refractivity contribution in [2.24, 2.45) is 0 Å². The molecule has 1 unspecified atom stereocenters. The van der Waals surface area contributed by atoms with Crippen LogP contribution in [0.4, 0.5) is 0 Å². The van der Waals surface area contributed by atoms with E-state index >= 15 is 0 Å². The van der Waals surface area contributed by atoms with Gasteiger partial charge in [-0.1, -0.05) is 60.7 Å². The first-order chi connectivity index (χ1) is 16.1. The largest absolute Gasteiger partial charge is 0.354 e. The Hall–Kier alpha value is -2.96. The number of piperazine rings is 1. The first-order valence-corrected chi connectivity index (χ1v) is 11.9. The molecule has 2 aromatic carbocycles. The van der Waals surface area contributed by atoms with Gasteiger partial charge in [-0.05, 0) is 43.5 Å². The molecule has 0 spiro atoms. The summed E-state index contributed by atoms with van der Waals surface area (Å²) in [7, 11) is 0. The van der Waals surface area contributed by atoms with Crippen molar-refractivity contribution in [2.45, 2.75) is 32.4 Å². The van der Waals surface area contributed by atoms with E-state index in [1.165, 1.54) is 11.6 Å². The summed E-state index contributed by atoms with van der Waals surface area (Å²) in [5.41, 5.74) is 2.32. The van der Waals surface area contributed by atoms with E-state index in [-0.39, 0.29) is 11.8 Å². The summed E-state index contributed by atoms with van der Waals surface area (Å²) in [4.78, 5) is 29.3. The van der Waals surface area contributed by atoms with Gasteiger partial charge in [0.2, 0.25) is 11.8 Å². The van der Waals surface area contributed by atoms with Crippen LogP contribution in [0.25, 0.3) is 6.08 Å². The molecule has 1 fully saturated rings. The Morgan fingerprint density at radius 3 is 2.24 bits per heavy atom. The Morgan fingerprint density at radius 2 is 1.55 bits per heavy atom. The molecule has 33 heavy (non-hydrogen) atoms. The van der Waals surface area contributed by atoms with Gasteiger partial charge < -0.3 is 15.5 Å². The van der Waals surface area contributed by atoms with Crippen LogP contribution in [-0.2, 0) is 16.1 Å². The highest BCUT2D eigenvalue weighted by Crippen LogP contribution is 2.09. The highest BCUT2D eigenvalue weighted by molar-refractivity contribution is 5.95. The lowest BCUT2D eigenvalue weighted by molar-refractivity contribution is -0.126. The highest BCUT2D eigenvalue weighted by Gasteiger charge is 2.17. The van der Waals surface area contributed by atoms with Crippen LogP contribution in [0.1, 0.15) is 30.9 Å². The fraction of sp³-hybridized carbons (Fsp3) is 0.407. The number of hydrogen-bond acceptors (Lipinski definition) is 4. The zero-order chi connectivity index (χ0) is 23.3. The van der Waals surface area contributed by atoms with E-state index in [1.54, 1.807) is 13.0 Å². The summed E-state index contributed by atoms with van der Waals surface area (Å²) in [5.74, 6) is -0.418. The SMILES string of the molecule is CC(NC(=O)C=Cc1ccccc1)C(=O)NCCCCN1CCN(Cc2ccccc2)CC1. The van der Waals surface area contributed by atoms with Crippen LogP contribution in [0.2, 0.25) is 0 Å². The maximum absolute atomic E-state index is 12.2. The maximum atomic E-state index is 12.2. The van der Waals surface area contributed by atoms with Gasteiger partial charge >= 0.3 is 0 Å². The zero-order valence-corrected chi connectivity index (χ0v) is 19.6. The van der Waals surface area contributed by atoms with Crippen molar-refractivity contribution in [1.82, 2.24) is 20.4 Å². The normalized spacial score (nSPS) is 15.9. The molecule has 0 aromatic heterocycles. The lowest BCUT2D eigenvalue weighted by Gasteiger charge is -2.34. The second kappa shape index (κ2) is 13.6. The number of carbonyl (C=O) groups is 2. The van der Waals surface area contributed by atoms with Gasteiger partial charge in [0.15, 0.2) is 0 Å². The predicted octanol–water partition coefficient (Wildman–Crippen LogP) is 2.92. The minimum Gasteiger partial charge on any atom is -0.354 e. The third-order valence-electron chi connectivity index (χ3n) is 5.89. The summed E-state index contributed by atoms with van der Waals surface area (Å²) >= 11 is 0. The summed E-state index contributed by atoms with van der Waals surface area (Å²) in [6, 6.07) is 19.7. The van der Waals surface area contributed by atoms with Crippen LogP contribution in [0.5, 0.6) is 0 Å². The second-order valence-electron chi connectivity index (χ2n) is 8.58.